The van der Waals surface area contributed by atoms with Crippen LogP contribution in [0.4, 0.5) is 0 Å². The zero-order valence-electron chi connectivity index (χ0n) is 11.0. The highest BCUT2D eigenvalue weighted by molar-refractivity contribution is 5.25. The van der Waals surface area contributed by atoms with Crippen LogP contribution in [0.1, 0.15) is 56.2 Å². The van der Waals surface area contributed by atoms with Gasteiger partial charge in [0.1, 0.15) is 0 Å². The maximum Gasteiger partial charge on any atom is 0.0513 e. The van der Waals surface area contributed by atoms with E-state index in [1.807, 2.05) is 0 Å². The third-order valence-corrected chi connectivity index (χ3v) is 4.27. The number of benzene rings is 1. The predicted molar refractivity (Wildman–Crippen MR) is 72.4 cm³/mol. The summed E-state index contributed by atoms with van der Waals surface area (Å²) in [5.74, 6) is 5.81. The van der Waals surface area contributed by atoms with Crippen LogP contribution in [-0.2, 0) is 0 Å². The van der Waals surface area contributed by atoms with Crippen LogP contribution < -0.4 is 11.3 Å². The number of hydrogen-bond acceptors (Lipinski definition) is 2. The maximum atomic E-state index is 5.81. The van der Waals surface area contributed by atoms with Gasteiger partial charge in [0.15, 0.2) is 0 Å². The standard InChI is InChI=1S/C15H24N2/c1-12-6-8-13(9-7-12)14(17-16)15(2)10-4-3-5-11-15/h6-9,14,17H,3-5,10-11,16H2,1-2H3. The second-order valence-corrected chi connectivity index (χ2v) is 5.73. The molecule has 1 saturated carbocycles. The van der Waals surface area contributed by atoms with Crippen LogP contribution in [0, 0.1) is 12.3 Å². The van der Waals surface area contributed by atoms with Gasteiger partial charge in [0.25, 0.3) is 0 Å². The van der Waals surface area contributed by atoms with Crippen molar-refractivity contribution < 1.29 is 0 Å². The minimum Gasteiger partial charge on any atom is -0.271 e. The zero-order chi connectivity index (χ0) is 12.3. The molecule has 0 spiro atoms. The Morgan fingerprint density at radius 2 is 1.71 bits per heavy atom. The number of hydrazine groups is 1. The highest BCUT2D eigenvalue weighted by Gasteiger charge is 2.35. The van der Waals surface area contributed by atoms with Crippen molar-refractivity contribution in [1.82, 2.24) is 5.43 Å². The van der Waals surface area contributed by atoms with Gasteiger partial charge < -0.3 is 0 Å². The summed E-state index contributed by atoms with van der Waals surface area (Å²) in [6, 6.07) is 9.04. The van der Waals surface area contributed by atoms with E-state index in [1.165, 1.54) is 43.2 Å². The van der Waals surface area contributed by atoms with Crippen molar-refractivity contribution in [3.63, 3.8) is 0 Å². The van der Waals surface area contributed by atoms with Crippen molar-refractivity contribution >= 4 is 0 Å². The first-order valence-corrected chi connectivity index (χ1v) is 6.68. The number of aryl methyl sites for hydroxylation is 1. The molecule has 2 nitrogen and oxygen atoms in total. The van der Waals surface area contributed by atoms with Crippen molar-refractivity contribution in [2.24, 2.45) is 11.3 Å². The van der Waals surface area contributed by atoms with E-state index in [-0.39, 0.29) is 6.04 Å². The summed E-state index contributed by atoms with van der Waals surface area (Å²) >= 11 is 0. The molecule has 1 unspecified atom stereocenters. The second-order valence-electron chi connectivity index (χ2n) is 5.73. The summed E-state index contributed by atoms with van der Waals surface area (Å²) < 4.78 is 0. The lowest BCUT2D eigenvalue weighted by Crippen LogP contribution is -2.41. The quantitative estimate of drug-likeness (QED) is 0.618. The molecule has 1 aliphatic rings. The average molecular weight is 232 g/mol. The summed E-state index contributed by atoms with van der Waals surface area (Å²) in [5, 5.41) is 0. The van der Waals surface area contributed by atoms with E-state index >= 15 is 0 Å². The lowest BCUT2D eigenvalue weighted by Gasteiger charge is -2.40. The van der Waals surface area contributed by atoms with Gasteiger partial charge in [0.2, 0.25) is 0 Å². The van der Waals surface area contributed by atoms with E-state index in [1.54, 1.807) is 0 Å². The smallest absolute Gasteiger partial charge is 0.0513 e. The van der Waals surface area contributed by atoms with Gasteiger partial charge in [-0.25, -0.2) is 0 Å². The van der Waals surface area contributed by atoms with E-state index in [4.69, 9.17) is 5.84 Å². The van der Waals surface area contributed by atoms with Crippen LogP contribution in [0.15, 0.2) is 24.3 Å². The molecule has 17 heavy (non-hydrogen) atoms. The van der Waals surface area contributed by atoms with Crippen LogP contribution in [-0.4, -0.2) is 0 Å². The van der Waals surface area contributed by atoms with Crippen molar-refractivity contribution in [2.45, 2.75) is 52.0 Å². The van der Waals surface area contributed by atoms with Crippen LogP contribution >= 0.6 is 0 Å². The molecule has 1 atom stereocenters. The van der Waals surface area contributed by atoms with Gasteiger partial charge in [-0.3, -0.25) is 11.3 Å². The largest absolute Gasteiger partial charge is 0.271 e. The Balaban J connectivity index is 2.22. The van der Waals surface area contributed by atoms with E-state index in [0.717, 1.165) is 0 Å². The summed E-state index contributed by atoms with van der Waals surface area (Å²) in [6.07, 6.45) is 6.59. The predicted octanol–water partition coefficient (Wildman–Crippen LogP) is 3.47. The first kappa shape index (κ1) is 12.6. The first-order chi connectivity index (χ1) is 8.15. The summed E-state index contributed by atoms with van der Waals surface area (Å²) in [7, 11) is 0. The third-order valence-electron chi connectivity index (χ3n) is 4.27. The van der Waals surface area contributed by atoms with Crippen LogP contribution in [0.25, 0.3) is 0 Å². The van der Waals surface area contributed by atoms with Crippen LogP contribution in [0.3, 0.4) is 0 Å². The molecule has 94 valence electrons. The van der Waals surface area contributed by atoms with Crippen LogP contribution in [0.5, 0.6) is 0 Å². The van der Waals surface area contributed by atoms with Crippen molar-refractivity contribution in [2.75, 3.05) is 0 Å². The molecule has 0 aliphatic heterocycles. The fourth-order valence-corrected chi connectivity index (χ4v) is 3.11. The maximum absolute atomic E-state index is 5.81. The van der Waals surface area contributed by atoms with Gasteiger partial charge in [-0.2, -0.15) is 0 Å². The first-order valence-electron chi connectivity index (χ1n) is 6.68. The van der Waals surface area contributed by atoms with E-state index in [0.29, 0.717) is 5.41 Å². The van der Waals surface area contributed by atoms with E-state index in [2.05, 4.69) is 43.5 Å². The molecule has 2 rings (SSSR count). The van der Waals surface area contributed by atoms with E-state index < -0.39 is 0 Å². The normalized spacial score (nSPS) is 21.1. The molecule has 1 aromatic rings. The van der Waals surface area contributed by atoms with Gasteiger partial charge >= 0.3 is 0 Å². The van der Waals surface area contributed by atoms with Gasteiger partial charge in [0.05, 0.1) is 6.04 Å². The minimum absolute atomic E-state index is 0.281. The summed E-state index contributed by atoms with van der Waals surface area (Å²) in [4.78, 5) is 0. The monoisotopic (exact) mass is 232 g/mol. The molecule has 0 aromatic heterocycles. The molecule has 2 heteroatoms. The fourth-order valence-electron chi connectivity index (χ4n) is 3.11. The molecular weight excluding hydrogens is 208 g/mol. The molecule has 0 saturated heterocycles. The summed E-state index contributed by atoms with van der Waals surface area (Å²) in [5.41, 5.74) is 5.98. The SMILES string of the molecule is Cc1ccc(C(NN)C2(C)CCCCC2)cc1. The Morgan fingerprint density at radius 1 is 1.12 bits per heavy atom. The Bertz CT molecular complexity index is 350. The molecule has 1 fully saturated rings. The molecule has 1 aromatic carbocycles. The number of hydrogen-bond donors (Lipinski definition) is 2. The molecular formula is C15H24N2. The second kappa shape index (κ2) is 5.19. The van der Waals surface area contributed by atoms with Gasteiger partial charge in [-0.05, 0) is 30.7 Å². The molecule has 0 heterocycles. The Hall–Kier alpha value is -0.860. The lowest BCUT2D eigenvalue weighted by molar-refractivity contribution is 0.145. The highest BCUT2D eigenvalue weighted by atomic mass is 15.2. The number of nitrogens with two attached hydrogens (primary N) is 1. The lowest BCUT2D eigenvalue weighted by atomic mass is 9.69. The Kier molecular flexibility index (Phi) is 3.85. The van der Waals surface area contributed by atoms with Crippen molar-refractivity contribution in [3.05, 3.63) is 35.4 Å². The summed E-state index contributed by atoms with van der Waals surface area (Å²) in [6.45, 7) is 4.49. The molecule has 0 bridgehead atoms. The zero-order valence-corrected chi connectivity index (χ0v) is 11.0. The van der Waals surface area contributed by atoms with Crippen LogP contribution in [0.2, 0.25) is 0 Å². The van der Waals surface area contributed by atoms with Crippen molar-refractivity contribution in [1.29, 1.82) is 0 Å². The average Bonchev–Trinajstić information content (AvgIpc) is 2.33. The number of rotatable bonds is 3. The Labute approximate surface area is 105 Å². The van der Waals surface area contributed by atoms with Crippen molar-refractivity contribution in [3.8, 4) is 0 Å². The molecule has 0 amide bonds. The third kappa shape index (κ3) is 2.70. The fraction of sp³-hybridized carbons (Fsp3) is 0.600. The number of nitrogens with one attached hydrogen (secondary N) is 1. The van der Waals surface area contributed by atoms with E-state index in [9.17, 15) is 0 Å². The van der Waals surface area contributed by atoms with Gasteiger partial charge in [-0.1, -0.05) is 56.0 Å². The van der Waals surface area contributed by atoms with Gasteiger partial charge in [0, 0.05) is 0 Å². The molecule has 1 aliphatic carbocycles. The Morgan fingerprint density at radius 3 is 2.24 bits per heavy atom. The van der Waals surface area contributed by atoms with Gasteiger partial charge in [-0.15, -0.1) is 0 Å². The minimum atomic E-state index is 0.281. The topological polar surface area (TPSA) is 38.0 Å². The molecule has 0 radical (unpaired) electrons. The molecule has 3 N–H and O–H groups in total. The highest BCUT2D eigenvalue weighted by Crippen LogP contribution is 2.45.